The van der Waals surface area contributed by atoms with Crippen LogP contribution in [-0.2, 0) is 35.9 Å². The van der Waals surface area contributed by atoms with E-state index in [4.69, 9.17) is 23.1 Å². The Balaban J connectivity index is 0.000000222. The molecule has 1 atom stereocenters. The van der Waals surface area contributed by atoms with Crippen LogP contribution >= 0.6 is 11.6 Å². The number of imidazole rings is 1. The van der Waals surface area contributed by atoms with Gasteiger partial charge in [-0.15, -0.1) is 0 Å². The van der Waals surface area contributed by atoms with Crippen LogP contribution < -0.4 is 22.1 Å². The maximum absolute atomic E-state index is 13.5. The topological polar surface area (TPSA) is 155 Å². The molecule has 7 rings (SSSR count). The third-order valence-electron chi connectivity index (χ3n) is 10.4. The Morgan fingerprint density at radius 1 is 1.00 bits per heavy atom. The van der Waals surface area contributed by atoms with E-state index < -0.39 is 35.4 Å². The van der Waals surface area contributed by atoms with Gasteiger partial charge in [0.05, 0.1) is 27.3 Å². The van der Waals surface area contributed by atoms with Crippen LogP contribution in [0.1, 0.15) is 54.6 Å². The molecule has 0 saturated carbocycles. The molecule has 0 bridgehead atoms. The second-order valence-corrected chi connectivity index (χ2v) is 14.4. The highest BCUT2D eigenvalue weighted by Gasteiger charge is 2.43. The Morgan fingerprint density at radius 2 is 1.70 bits per heavy atom. The second-order valence-electron chi connectivity index (χ2n) is 14.0. The number of aliphatic carboxylic acids is 1. The van der Waals surface area contributed by atoms with Gasteiger partial charge >= 0.3 is 18.2 Å². The number of likely N-dealkylation sites (tertiary alicyclic amines) is 1. The van der Waals surface area contributed by atoms with Gasteiger partial charge < -0.3 is 41.6 Å². The summed E-state index contributed by atoms with van der Waals surface area (Å²) in [5.41, 5.74) is 11.6. The average molecular weight is 755 g/mol. The van der Waals surface area contributed by atoms with Crippen molar-refractivity contribution < 1.29 is 27.9 Å². The minimum Gasteiger partial charge on any atom is -0.480 e. The smallest absolute Gasteiger partial charge is 0.418 e. The lowest BCUT2D eigenvalue weighted by Crippen LogP contribution is -2.49. The molecule has 4 aromatic rings. The zero-order valence-electron chi connectivity index (χ0n) is 29.5. The number of nitrogens with two attached hydrogens (primary N) is 2. The first-order valence-corrected chi connectivity index (χ1v) is 18.4. The molecular formula is C38H46ClF3N8O3. The average Bonchev–Trinajstić information content (AvgIpc) is 3.75. The molecule has 284 valence electrons. The number of carboxylic acids is 1. The molecule has 1 aromatic heterocycles. The number of carbonyl (C=O) groups excluding carboxylic acids is 1. The number of piperidine rings is 1. The molecule has 0 aliphatic carbocycles. The van der Waals surface area contributed by atoms with Crippen LogP contribution in [0, 0.1) is 0 Å². The Kier molecular flexibility index (Phi) is 11.8. The van der Waals surface area contributed by atoms with E-state index in [1.54, 1.807) is 16.7 Å². The SMILES string of the molecule is Nc1c(Cl)cc(CC(N)(C(=O)O)c2nc3ccccc3n2CCCN2CCCC2)cc1C(F)(F)F.O=C1Nc2ccccc2CCN1C1CCNCC1. The predicted octanol–water partition coefficient (Wildman–Crippen LogP) is 6.09. The van der Waals surface area contributed by atoms with E-state index in [-0.39, 0.29) is 22.4 Å². The summed E-state index contributed by atoms with van der Waals surface area (Å²) in [7, 11) is 0. The predicted molar refractivity (Wildman–Crippen MR) is 200 cm³/mol. The van der Waals surface area contributed by atoms with Gasteiger partial charge in [0, 0.05) is 31.2 Å². The third-order valence-corrected chi connectivity index (χ3v) is 10.7. The highest BCUT2D eigenvalue weighted by atomic mass is 35.5. The number of rotatable bonds is 9. The number of nitrogen functional groups attached to an aromatic ring is 1. The van der Waals surface area contributed by atoms with E-state index in [0.29, 0.717) is 23.6 Å². The van der Waals surface area contributed by atoms with E-state index in [1.807, 2.05) is 35.2 Å². The zero-order valence-corrected chi connectivity index (χ0v) is 30.2. The maximum atomic E-state index is 13.5. The number of carboxylic acid groups (broad SMARTS) is 1. The fourth-order valence-electron chi connectivity index (χ4n) is 7.54. The lowest BCUT2D eigenvalue weighted by Gasteiger charge is -2.33. The van der Waals surface area contributed by atoms with E-state index in [1.165, 1.54) is 11.6 Å². The summed E-state index contributed by atoms with van der Waals surface area (Å²) in [6.07, 6.45) is 0.914. The van der Waals surface area contributed by atoms with Crippen LogP contribution in [0.5, 0.6) is 0 Å². The van der Waals surface area contributed by atoms with E-state index >= 15 is 0 Å². The van der Waals surface area contributed by atoms with E-state index in [9.17, 15) is 27.9 Å². The second kappa shape index (κ2) is 16.3. The van der Waals surface area contributed by atoms with Crippen molar-refractivity contribution in [2.24, 2.45) is 5.73 Å². The van der Waals surface area contributed by atoms with Crippen molar-refractivity contribution in [3.05, 3.63) is 88.2 Å². The summed E-state index contributed by atoms with van der Waals surface area (Å²) in [5, 5.41) is 16.2. The number of fused-ring (bicyclic) bond motifs is 2. The van der Waals surface area contributed by atoms with Crippen molar-refractivity contribution in [3.8, 4) is 0 Å². The number of para-hydroxylation sites is 3. The minimum atomic E-state index is -4.76. The van der Waals surface area contributed by atoms with Crippen LogP contribution in [-0.4, -0.2) is 81.8 Å². The first-order valence-electron chi connectivity index (χ1n) is 18.1. The van der Waals surface area contributed by atoms with Gasteiger partial charge in [0.2, 0.25) is 0 Å². The lowest BCUT2D eigenvalue weighted by atomic mass is 9.89. The monoisotopic (exact) mass is 754 g/mol. The van der Waals surface area contributed by atoms with E-state index in [0.717, 1.165) is 89.5 Å². The molecule has 2 fully saturated rings. The van der Waals surface area contributed by atoms with Gasteiger partial charge in [-0.3, -0.25) is 0 Å². The van der Waals surface area contributed by atoms with Crippen LogP contribution in [0.25, 0.3) is 11.0 Å². The largest absolute Gasteiger partial charge is 0.480 e. The number of nitrogens with one attached hydrogen (secondary N) is 2. The molecule has 11 nitrogen and oxygen atoms in total. The number of hydrogen-bond acceptors (Lipinski definition) is 7. The van der Waals surface area contributed by atoms with Gasteiger partial charge in [-0.05, 0) is 113 Å². The summed E-state index contributed by atoms with van der Waals surface area (Å²) in [6.45, 7) is 6.24. The molecule has 2 saturated heterocycles. The van der Waals surface area contributed by atoms with Crippen LogP contribution in [0.15, 0.2) is 60.7 Å². The van der Waals surface area contributed by atoms with Gasteiger partial charge in [-0.25, -0.2) is 14.6 Å². The molecular weight excluding hydrogens is 709 g/mol. The summed E-state index contributed by atoms with van der Waals surface area (Å²) in [5.74, 6) is -1.33. The van der Waals surface area contributed by atoms with Crippen molar-refractivity contribution in [2.75, 3.05) is 50.3 Å². The van der Waals surface area contributed by atoms with Crippen molar-refractivity contribution in [3.63, 3.8) is 0 Å². The van der Waals surface area contributed by atoms with Crippen molar-refractivity contribution in [1.29, 1.82) is 0 Å². The van der Waals surface area contributed by atoms with Crippen molar-refractivity contribution in [2.45, 2.75) is 69.2 Å². The van der Waals surface area contributed by atoms with Crippen LogP contribution in [0.3, 0.4) is 0 Å². The number of anilines is 2. The summed E-state index contributed by atoms with van der Waals surface area (Å²) in [6, 6.07) is 17.7. The standard InChI is InChI=1S/C24H27ClF3N5O2.C14H19N3O/c25-17-13-15(12-16(20(17)29)24(26,27)28)14-23(30,22(34)35)21-31-18-6-1-2-7-19(18)33(21)11-5-10-32-8-3-4-9-32;18-14-16-13-4-2-1-3-11(13)7-10-17(14)12-5-8-15-9-6-12/h1-2,6-7,12-13H,3-5,8-11,14,29-30H2,(H,34,35);1-4,12,15H,5-10H2,(H,16,18). The quantitative estimate of drug-likeness (QED) is 0.129. The Labute approximate surface area is 311 Å². The zero-order chi connectivity index (χ0) is 37.8. The first-order chi connectivity index (χ1) is 25.3. The fourth-order valence-corrected chi connectivity index (χ4v) is 7.78. The number of alkyl halides is 3. The van der Waals surface area contributed by atoms with Gasteiger partial charge in [0.15, 0.2) is 5.54 Å². The molecule has 1 unspecified atom stereocenters. The number of hydrogen-bond donors (Lipinski definition) is 5. The minimum absolute atomic E-state index is 0.00269. The number of aryl methyl sites for hydroxylation is 1. The molecule has 3 aromatic carbocycles. The van der Waals surface area contributed by atoms with Crippen molar-refractivity contribution in [1.82, 2.24) is 24.7 Å². The summed E-state index contributed by atoms with van der Waals surface area (Å²) < 4.78 is 42.2. The van der Waals surface area contributed by atoms with Crippen LogP contribution in [0.4, 0.5) is 29.3 Å². The normalized spacial score (nSPS) is 18.1. The Bertz CT molecular complexity index is 1930. The summed E-state index contributed by atoms with van der Waals surface area (Å²) >= 11 is 5.97. The Morgan fingerprint density at radius 3 is 2.42 bits per heavy atom. The van der Waals surface area contributed by atoms with Gasteiger partial charge in [0.1, 0.15) is 5.82 Å². The molecule has 53 heavy (non-hydrogen) atoms. The molecule has 7 N–H and O–H groups in total. The van der Waals surface area contributed by atoms with Crippen molar-refractivity contribution >= 4 is 46.0 Å². The molecule has 0 radical (unpaired) electrons. The van der Waals surface area contributed by atoms with Gasteiger partial charge in [0.25, 0.3) is 0 Å². The number of nitrogens with zero attached hydrogens (tertiary/aromatic N) is 4. The third kappa shape index (κ3) is 8.72. The number of amides is 2. The molecule has 15 heteroatoms. The number of benzene rings is 3. The fraction of sp³-hybridized carbons (Fsp3) is 0.447. The molecule has 0 spiro atoms. The highest BCUT2D eigenvalue weighted by Crippen LogP contribution is 2.39. The molecule has 3 aliphatic heterocycles. The lowest BCUT2D eigenvalue weighted by molar-refractivity contribution is -0.144. The molecule has 2 amide bonds. The van der Waals surface area contributed by atoms with Crippen LogP contribution in [0.2, 0.25) is 5.02 Å². The number of aromatic nitrogens is 2. The molecule has 3 aliphatic rings. The maximum Gasteiger partial charge on any atom is 0.418 e. The van der Waals surface area contributed by atoms with Gasteiger partial charge in [-0.2, -0.15) is 13.2 Å². The Hall–Kier alpha value is -4.37. The first kappa shape index (κ1) is 38.4. The van der Waals surface area contributed by atoms with Gasteiger partial charge in [-0.1, -0.05) is 41.9 Å². The van der Waals surface area contributed by atoms with E-state index in [2.05, 4.69) is 26.6 Å². The number of urea groups is 1. The summed E-state index contributed by atoms with van der Waals surface area (Å²) in [4.78, 5) is 33.7. The highest BCUT2D eigenvalue weighted by molar-refractivity contribution is 6.33. The number of carbonyl (C=O) groups is 2. The molecule has 4 heterocycles. The number of halogens is 4.